The van der Waals surface area contributed by atoms with Crippen LogP contribution in [0.1, 0.15) is 20.8 Å². The number of hydrogen-bond donors (Lipinski definition) is 0. The first-order valence-electron chi connectivity index (χ1n) is 2.93. The molecule has 0 aromatic heterocycles. The standard InChI is InChI=1S/C7H16P/c1-7(2,3)6-8(4)5/h4,6H2,1-3,5H3/q+1. The molecule has 0 aliphatic heterocycles. The molecule has 0 nitrogen and oxygen atoms in total. The molecule has 0 aromatic carbocycles. The smallest absolute Gasteiger partial charge is 0.0562 e. The summed E-state index contributed by atoms with van der Waals surface area (Å²) in [5, 5.41) is 0. The Morgan fingerprint density at radius 2 is 1.75 bits per heavy atom. The maximum atomic E-state index is 3.99. The zero-order valence-electron chi connectivity index (χ0n) is 6.36. The first-order chi connectivity index (χ1) is 3.42. The molecule has 0 saturated carbocycles. The van der Waals surface area contributed by atoms with Crippen LogP contribution in [0, 0.1) is 5.41 Å². The summed E-state index contributed by atoms with van der Waals surface area (Å²) in [6.07, 6.45) is 5.27. The van der Waals surface area contributed by atoms with Gasteiger partial charge in [0.2, 0.25) is 0 Å². The highest BCUT2D eigenvalue weighted by Gasteiger charge is 2.15. The lowest BCUT2D eigenvalue weighted by Gasteiger charge is -2.10. The van der Waals surface area contributed by atoms with Crippen LogP contribution >= 0.6 is 7.55 Å². The quantitative estimate of drug-likeness (QED) is 0.480. The van der Waals surface area contributed by atoms with Gasteiger partial charge in [0.15, 0.2) is 0 Å². The zero-order chi connectivity index (χ0) is 6.78. The second kappa shape index (κ2) is 2.64. The molecule has 1 heteroatoms. The van der Waals surface area contributed by atoms with Gasteiger partial charge in [0.25, 0.3) is 0 Å². The Morgan fingerprint density at radius 1 is 1.38 bits per heavy atom. The van der Waals surface area contributed by atoms with E-state index in [1.807, 2.05) is 0 Å². The van der Waals surface area contributed by atoms with Gasteiger partial charge >= 0.3 is 0 Å². The van der Waals surface area contributed by atoms with E-state index in [0.29, 0.717) is 5.41 Å². The van der Waals surface area contributed by atoms with Gasteiger partial charge in [-0.3, -0.25) is 0 Å². The lowest BCUT2D eigenvalue weighted by atomic mass is 10.0. The minimum Gasteiger partial charge on any atom is -0.0562 e. The Morgan fingerprint density at radius 3 is 1.75 bits per heavy atom. The summed E-state index contributed by atoms with van der Waals surface area (Å²) in [5.41, 5.74) is 0.488. The van der Waals surface area contributed by atoms with Crippen molar-refractivity contribution in [3.63, 3.8) is 0 Å². The van der Waals surface area contributed by atoms with Crippen molar-refractivity contribution in [2.45, 2.75) is 20.8 Å². The fourth-order valence-electron chi connectivity index (χ4n) is 0.810. The van der Waals surface area contributed by atoms with Crippen molar-refractivity contribution in [3.8, 4) is 0 Å². The largest absolute Gasteiger partial charge is 0.110 e. The molecule has 0 radical (unpaired) electrons. The molecule has 0 fully saturated rings. The van der Waals surface area contributed by atoms with Crippen LogP contribution in [-0.4, -0.2) is 19.1 Å². The van der Waals surface area contributed by atoms with Gasteiger partial charge in [-0.15, -0.1) is 0 Å². The van der Waals surface area contributed by atoms with E-state index in [1.54, 1.807) is 0 Å². The molecule has 0 saturated heterocycles. The third-order valence-corrected chi connectivity index (χ3v) is 2.23. The maximum Gasteiger partial charge on any atom is 0.110 e. The molecular formula is C7H16P+. The molecule has 0 spiro atoms. The van der Waals surface area contributed by atoms with Gasteiger partial charge in [-0.1, -0.05) is 20.8 Å². The first-order valence-corrected chi connectivity index (χ1v) is 5.09. The van der Waals surface area contributed by atoms with Crippen LogP contribution in [0.5, 0.6) is 0 Å². The molecule has 0 aliphatic carbocycles. The van der Waals surface area contributed by atoms with E-state index in [-0.39, 0.29) is 7.55 Å². The van der Waals surface area contributed by atoms with Gasteiger partial charge in [0.1, 0.15) is 6.16 Å². The summed E-state index contributed by atoms with van der Waals surface area (Å²) in [5.74, 6) is 0. The van der Waals surface area contributed by atoms with Crippen molar-refractivity contribution < 1.29 is 0 Å². The SMILES string of the molecule is C=[P+](C)CC(C)(C)C. The summed E-state index contributed by atoms with van der Waals surface area (Å²) in [6, 6.07) is 0. The summed E-state index contributed by atoms with van der Waals surface area (Å²) in [6.45, 7) is 9.01. The maximum absolute atomic E-state index is 3.99. The Kier molecular flexibility index (Phi) is 2.70. The van der Waals surface area contributed by atoms with Crippen molar-refractivity contribution >= 4 is 13.8 Å². The van der Waals surface area contributed by atoms with E-state index in [4.69, 9.17) is 0 Å². The van der Waals surface area contributed by atoms with E-state index < -0.39 is 0 Å². The van der Waals surface area contributed by atoms with Crippen molar-refractivity contribution in [1.82, 2.24) is 0 Å². The van der Waals surface area contributed by atoms with Crippen LogP contribution < -0.4 is 0 Å². The molecule has 0 bridgehead atoms. The molecule has 0 aliphatic rings. The van der Waals surface area contributed by atoms with E-state index in [2.05, 4.69) is 33.7 Å². The molecule has 1 atom stereocenters. The average Bonchev–Trinajstić information content (AvgIpc) is 1.21. The van der Waals surface area contributed by atoms with Crippen molar-refractivity contribution in [3.05, 3.63) is 0 Å². The summed E-state index contributed by atoms with van der Waals surface area (Å²) in [7, 11) is 0.0615. The minimum absolute atomic E-state index is 0.0615. The van der Waals surface area contributed by atoms with Crippen LogP contribution in [0.25, 0.3) is 0 Å². The number of rotatable bonds is 1. The van der Waals surface area contributed by atoms with Gasteiger partial charge in [-0.05, 0) is 0 Å². The molecule has 1 unspecified atom stereocenters. The van der Waals surface area contributed by atoms with E-state index in [0.717, 1.165) is 0 Å². The van der Waals surface area contributed by atoms with Crippen LogP contribution in [0.15, 0.2) is 0 Å². The summed E-state index contributed by atoms with van der Waals surface area (Å²) >= 11 is 0. The fourth-order valence-corrected chi connectivity index (χ4v) is 2.43. The molecule has 48 valence electrons. The van der Waals surface area contributed by atoms with Gasteiger partial charge in [0.05, 0.1) is 20.5 Å². The van der Waals surface area contributed by atoms with Gasteiger partial charge in [-0.2, -0.15) is 0 Å². The molecule has 0 rings (SSSR count). The van der Waals surface area contributed by atoms with Crippen LogP contribution in [-0.2, 0) is 0 Å². The Balaban J connectivity index is 3.55. The molecule has 0 amide bonds. The Labute approximate surface area is 53.7 Å². The third kappa shape index (κ3) is 6.17. The van der Waals surface area contributed by atoms with Gasteiger partial charge < -0.3 is 0 Å². The lowest BCUT2D eigenvalue weighted by Crippen LogP contribution is -2.07. The normalized spacial score (nSPS) is 13.8. The van der Waals surface area contributed by atoms with Crippen LogP contribution in [0.3, 0.4) is 0 Å². The van der Waals surface area contributed by atoms with E-state index >= 15 is 0 Å². The molecule has 0 N–H and O–H groups in total. The van der Waals surface area contributed by atoms with Crippen molar-refractivity contribution in [2.75, 3.05) is 12.8 Å². The predicted molar refractivity (Wildman–Crippen MR) is 44.3 cm³/mol. The van der Waals surface area contributed by atoms with E-state index in [9.17, 15) is 0 Å². The fraction of sp³-hybridized carbons (Fsp3) is 0.857. The molecular weight excluding hydrogens is 115 g/mol. The second-order valence-electron chi connectivity index (χ2n) is 3.57. The molecule has 0 heterocycles. The third-order valence-electron chi connectivity index (χ3n) is 0.744. The average molecular weight is 131 g/mol. The van der Waals surface area contributed by atoms with Crippen LogP contribution in [0.2, 0.25) is 0 Å². The molecule has 0 aromatic rings. The monoisotopic (exact) mass is 131 g/mol. The summed E-state index contributed by atoms with van der Waals surface area (Å²) < 4.78 is 0. The summed E-state index contributed by atoms with van der Waals surface area (Å²) in [4.78, 5) is 0. The molecule has 8 heavy (non-hydrogen) atoms. The Hall–Kier alpha value is 0.170. The first kappa shape index (κ1) is 8.17. The highest BCUT2D eigenvalue weighted by Crippen LogP contribution is 2.26. The highest BCUT2D eigenvalue weighted by molar-refractivity contribution is 7.55. The van der Waals surface area contributed by atoms with Crippen molar-refractivity contribution in [2.24, 2.45) is 5.41 Å². The highest BCUT2D eigenvalue weighted by atomic mass is 31.1. The van der Waals surface area contributed by atoms with E-state index in [1.165, 1.54) is 6.16 Å². The zero-order valence-corrected chi connectivity index (χ0v) is 7.26. The number of hydrogen-bond acceptors (Lipinski definition) is 0. The predicted octanol–water partition coefficient (Wildman–Crippen LogP) is 2.58. The Bertz CT molecular complexity index is 87.1. The van der Waals surface area contributed by atoms with Crippen LogP contribution in [0.4, 0.5) is 0 Å². The van der Waals surface area contributed by atoms with Gasteiger partial charge in [-0.25, -0.2) is 0 Å². The minimum atomic E-state index is 0.0615. The second-order valence-corrected chi connectivity index (χ2v) is 5.60. The van der Waals surface area contributed by atoms with Crippen molar-refractivity contribution in [1.29, 1.82) is 0 Å². The lowest BCUT2D eigenvalue weighted by molar-refractivity contribution is 0.479. The van der Waals surface area contributed by atoms with Gasteiger partial charge in [0, 0.05) is 5.41 Å². The topological polar surface area (TPSA) is 0 Å².